The fourth-order valence-corrected chi connectivity index (χ4v) is 2.15. The highest BCUT2D eigenvalue weighted by molar-refractivity contribution is 6.30. The number of nitrogens with one attached hydrogen (secondary N) is 1. The summed E-state index contributed by atoms with van der Waals surface area (Å²) in [7, 11) is 0. The van der Waals surface area contributed by atoms with Crippen molar-refractivity contribution in [3.63, 3.8) is 0 Å². The van der Waals surface area contributed by atoms with Crippen LogP contribution in [0.4, 0.5) is 5.82 Å². The monoisotopic (exact) mass is 392 g/mol. The van der Waals surface area contributed by atoms with Crippen molar-refractivity contribution in [3.8, 4) is 11.5 Å². The van der Waals surface area contributed by atoms with Gasteiger partial charge in [0.05, 0.1) is 24.7 Å². The van der Waals surface area contributed by atoms with E-state index in [2.05, 4.69) is 10.3 Å². The predicted octanol–water partition coefficient (Wildman–Crippen LogP) is 3.47. The van der Waals surface area contributed by atoms with E-state index in [0.717, 1.165) is 5.75 Å². The van der Waals surface area contributed by atoms with Crippen molar-refractivity contribution in [2.24, 2.45) is 0 Å². The quantitative estimate of drug-likeness (QED) is 0.657. The van der Waals surface area contributed by atoms with Gasteiger partial charge in [0, 0.05) is 6.20 Å². The third kappa shape index (κ3) is 7.15. The Kier molecular flexibility index (Phi) is 7.88. The van der Waals surface area contributed by atoms with Crippen LogP contribution < -0.4 is 14.8 Å². The van der Waals surface area contributed by atoms with Crippen molar-refractivity contribution in [2.45, 2.75) is 26.4 Å². The fraction of sp³-hybridized carbons (Fsp3) is 0.316. The van der Waals surface area contributed by atoms with Gasteiger partial charge in [0.2, 0.25) is 0 Å². The Labute approximate surface area is 162 Å². The van der Waals surface area contributed by atoms with Gasteiger partial charge in [-0.05, 0) is 50.2 Å². The van der Waals surface area contributed by atoms with E-state index < -0.39 is 18.0 Å². The zero-order valence-electron chi connectivity index (χ0n) is 15.1. The molecule has 0 aliphatic heterocycles. The van der Waals surface area contributed by atoms with Crippen LogP contribution in [0, 0.1) is 0 Å². The van der Waals surface area contributed by atoms with Gasteiger partial charge in [-0.25, -0.2) is 4.98 Å². The topological polar surface area (TPSA) is 86.8 Å². The molecule has 0 spiro atoms. The number of carbonyl (C=O) groups is 2. The van der Waals surface area contributed by atoms with Gasteiger partial charge in [-0.2, -0.15) is 0 Å². The van der Waals surface area contributed by atoms with Crippen molar-refractivity contribution < 1.29 is 23.8 Å². The molecular formula is C19H21ClN2O5. The number of pyridine rings is 1. The maximum absolute atomic E-state index is 12.0. The Morgan fingerprint density at radius 2 is 1.78 bits per heavy atom. The summed E-state index contributed by atoms with van der Waals surface area (Å²) < 4.78 is 15.9. The maximum Gasteiger partial charge on any atom is 0.310 e. The van der Waals surface area contributed by atoms with Crippen LogP contribution in [0.15, 0.2) is 42.6 Å². The Hall–Kier alpha value is -2.80. The molecule has 0 unspecified atom stereocenters. The van der Waals surface area contributed by atoms with Crippen LogP contribution in [0.3, 0.4) is 0 Å². The molecule has 1 heterocycles. The zero-order chi connectivity index (χ0) is 19.6. The summed E-state index contributed by atoms with van der Waals surface area (Å²) in [5, 5.41) is 3.00. The molecule has 144 valence electrons. The first-order valence-electron chi connectivity index (χ1n) is 8.45. The number of rotatable bonds is 9. The first-order valence-corrected chi connectivity index (χ1v) is 8.83. The minimum atomic E-state index is -0.958. The molecule has 2 rings (SSSR count). The fourth-order valence-electron chi connectivity index (χ4n) is 2.04. The lowest BCUT2D eigenvalue weighted by atomic mass is 10.3. The van der Waals surface area contributed by atoms with E-state index in [1.54, 1.807) is 36.4 Å². The standard InChI is InChI=1S/C19H21ClN2O5/c1-3-25-15-5-7-16(8-6-15)26-11-10-18(23)27-13(2)19(24)22-17-9-4-14(20)12-21-17/h4-9,12-13H,3,10-11H2,1-2H3,(H,21,22,24)/t13-/m1/s1. The van der Waals surface area contributed by atoms with Crippen molar-refractivity contribution in [1.29, 1.82) is 0 Å². The molecular weight excluding hydrogens is 372 g/mol. The van der Waals surface area contributed by atoms with Gasteiger partial charge < -0.3 is 19.5 Å². The molecule has 0 aliphatic rings. The molecule has 0 aliphatic carbocycles. The molecule has 7 nitrogen and oxygen atoms in total. The van der Waals surface area contributed by atoms with E-state index in [4.69, 9.17) is 25.8 Å². The number of aromatic nitrogens is 1. The summed E-state index contributed by atoms with van der Waals surface area (Å²) in [5.74, 6) is 0.675. The molecule has 0 saturated carbocycles. The number of nitrogens with zero attached hydrogens (tertiary/aromatic N) is 1. The third-order valence-electron chi connectivity index (χ3n) is 3.37. The van der Waals surface area contributed by atoms with E-state index in [0.29, 0.717) is 23.2 Å². The van der Waals surface area contributed by atoms with Gasteiger partial charge in [0.15, 0.2) is 6.10 Å². The smallest absolute Gasteiger partial charge is 0.310 e. The van der Waals surface area contributed by atoms with Crippen molar-refractivity contribution >= 4 is 29.3 Å². The molecule has 0 saturated heterocycles. The number of hydrogen-bond donors (Lipinski definition) is 1. The highest BCUT2D eigenvalue weighted by Crippen LogP contribution is 2.17. The van der Waals surface area contributed by atoms with Crippen molar-refractivity contribution in [2.75, 3.05) is 18.5 Å². The third-order valence-corrected chi connectivity index (χ3v) is 3.59. The Bertz CT molecular complexity index is 750. The van der Waals surface area contributed by atoms with E-state index in [9.17, 15) is 9.59 Å². The summed E-state index contributed by atoms with van der Waals surface area (Å²) in [4.78, 5) is 27.8. The molecule has 8 heteroatoms. The molecule has 1 atom stereocenters. The van der Waals surface area contributed by atoms with Gasteiger partial charge in [-0.1, -0.05) is 11.6 Å². The van der Waals surface area contributed by atoms with Gasteiger partial charge in [-0.3, -0.25) is 9.59 Å². The highest BCUT2D eigenvalue weighted by atomic mass is 35.5. The Balaban J connectivity index is 1.71. The molecule has 27 heavy (non-hydrogen) atoms. The summed E-state index contributed by atoms with van der Waals surface area (Å²) in [6.45, 7) is 4.12. The number of carbonyl (C=O) groups excluding carboxylic acids is 2. The summed E-state index contributed by atoms with van der Waals surface area (Å²) in [5.41, 5.74) is 0. The van der Waals surface area contributed by atoms with Gasteiger partial charge in [0.1, 0.15) is 17.3 Å². The van der Waals surface area contributed by atoms with Crippen LogP contribution in [0.5, 0.6) is 11.5 Å². The summed E-state index contributed by atoms with van der Waals surface area (Å²) in [6, 6.07) is 10.2. The van der Waals surface area contributed by atoms with Crippen LogP contribution in [0.2, 0.25) is 5.02 Å². The molecule has 0 radical (unpaired) electrons. The second kappa shape index (κ2) is 10.4. The predicted molar refractivity (Wildman–Crippen MR) is 101 cm³/mol. The average molecular weight is 393 g/mol. The number of ether oxygens (including phenoxy) is 3. The summed E-state index contributed by atoms with van der Waals surface area (Å²) >= 11 is 5.73. The molecule has 2 aromatic rings. The van der Waals surface area contributed by atoms with Crippen molar-refractivity contribution in [3.05, 3.63) is 47.6 Å². The van der Waals surface area contributed by atoms with Gasteiger partial charge >= 0.3 is 5.97 Å². The van der Waals surface area contributed by atoms with Gasteiger partial charge in [0.25, 0.3) is 5.91 Å². The second-order valence-electron chi connectivity index (χ2n) is 5.49. The lowest BCUT2D eigenvalue weighted by Gasteiger charge is -2.13. The van der Waals surface area contributed by atoms with Crippen LogP contribution in [0.1, 0.15) is 20.3 Å². The van der Waals surface area contributed by atoms with Crippen LogP contribution in [-0.2, 0) is 14.3 Å². The maximum atomic E-state index is 12.0. The molecule has 0 fully saturated rings. The molecule has 0 bridgehead atoms. The lowest BCUT2D eigenvalue weighted by molar-refractivity contribution is -0.153. The highest BCUT2D eigenvalue weighted by Gasteiger charge is 2.18. The summed E-state index contributed by atoms with van der Waals surface area (Å²) in [6.07, 6.45) is 0.469. The number of amides is 1. The van der Waals surface area contributed by atoms with E-state index in [-0.39, 0.29) is 13.0 Å². The van der Waals surface area contributed by atoms with E-state index in [1.807, 2.05) is 6.92 Å². The van der Waals surface area contributed by atoms with Crippen LogP contribution in [0.25, 0.3) is 0 Å². The Morgan fingerprint density at radius 1 is 1.11 bits per heavy atom. The first kappa shape index (κ1) is 20.5. The molecule has 1 N–H and O–H groups in total. The number of hydrogen-bond acceptors (Lipinski definition) is 6. The van der Waals surface area contributed by atoms with E-state index in [1.165, 1.54) is 13.1 Å². The number of benzene rings is 1. The second-order valence-corrected chi connectivity index (χ2v) is 5.92. The van der Waals surface area contributed by atoms with Gasteiger partial charge in [-0.15, -0.1) is 0 Å². The van der Waals surface area contributed by atoms with Crippen LogP contribution >= 0.6 is 11.6 Å². The van der Waals surface area contributed by atoms with Crippen molar-refractivity contribution in [1.82, 2.24) is 4.98 Å². The minimum absolute atomic E-state index is 0.0179. The molecule has 1 aromatic heterocycles. The normalized spacial score (nSPS) is 11.4. The largest absolute Gasteiger partial charge is 0.494 e. The minimum Gasteiger partial charge on any atom is -0.494 e. The molecule has 1 amide bonds. The van der Waals surface area contributed by atoms with E-state index >= 15 is 0 Å². The SMILES string of the molecule is CCOc1ccc(OCCC(=O)O[C@H](C)C(=O)Nc2ccc(Cl)cn2)cc1. The zero-order valence-corrected chi connectivity index (χ0v) is 15.9. The number of halogens is 1. The first-order chi connectivity index (χ1) is 13.0. The lowest BCUT2D eigenvalue weighted by Crippen LogP contribution is -2.30. The Morgan fingerprint density at radius 3 is 2.37 bits per heavy atom. The molecule has 1 aromatic carbocycles. The number of anilines is 1. The van der Waals surface area contributed by atoms with Crippen LogP contribution in [-0.4, -0.2) is 36.2 Å². The average Bonchev–Trinajstić information content (AvgIpc) is 2.65. The number of esters is 1.